The Bertz CT molecular complexity index is 2370. The zero-order valence-electron chi connectivity index (χ0n) is 50.2. The van der Waals surface area contributed by atoms with E-state index in [0.717, 1.165) is 5.57 Å². The van der Waals surface area contributed by atoms with Crippen LogP contribution >= 0.6 is 0 Å². The maximum absolute atomic E-state index is 16.1. The monoisotopic (exact) mass is 1180 g/mol. The van der Waals surface area contributed by atoms with E-state index < -0.39 is 175 Å². The summed E-state index contributed by atoms with van der Waals surface area (Å²) in [5.41, 5.74) is -2.84. The molecule has 5 heterocycles. The summed E-state index contributed by atoms with van der Waals surface area (Å²) in [6.07, 6.45) is -4.85. The van der Waals surface area contributed by atoms with Gasteiger partial charge in [0, 0.05) is 62.6 Å². The maximum Gasteiger partial charge on any atom is 0.407 e. The van der Waals surface area contributed by atoms with Crippen molar-refractivity contribution >= 4 is 17.8 Å². The number of hydroxylamine groups is 2. The number of amides is 1. The minimum atomic E-state index is -1.54. The Hall–Kier alpha value is -3.05. The molecule has 29 unspecified atom stereocenters. The van der Waals surface area contributed by atoms with E-state index in [4.69, 9.17) is 52.1 Å². The predicted molar refractivity (Wildman–Crippen MR) is 291 cm³/mol. The van der Waals surface area contributed by atoms with Crippen molar-refractivity contribution in [2.24, 2.45) is 52.8 Å². The van der Waals surface area contributed by atoms with E-state index in [2.05, 4.69) is 25.2 Å². The molecule has 0 radical (unpaired) electrons. The molecule has 7 fully saturated rings. The van der Waals surface area contributed by atoms with Crippen molar-refractivity contribution in [1.82, 2.24) is 10.5 Å². The van der Waals surface area contributed by atoms with Crippen molar-refractivity contribution in [1.29, 1.82) is 0 Å². The second-order valence-electron chi connectivity index (χ2n) is 26.2. The fourth-order valence-corrected chi connectivity index (χ4v) is 16.3. The molecule has 23 nitrogen and oxygen atoms in total. The molecule has 1 spiro atoms. The number of nitrogens with zero attached hydrogens (tertiary/aromatic N) is 1. The van der Waals surface area contributed by atoms with Crippen LogP contribution in [0.1, 0.15) is 127 Å². The zero-order chi connectivity index (χ0) is 60.4. The molecule has 2 saturated carbocycles. The van der Waals surface area contributed by atoms with Crippen LogP contribution in [0.5, 0.6) is 0 Å². The first-order chi connectivity index (χ1) is 39.2. The first-order valence-electron chi connectivity index (χ1n) is 30.1. The number of fused-ring (bicyclic) bond motifs is 4. The molecule has 0 aromatic rings. The summed E-state index contributed by atoms with van der Waals surface area (Å²) in [4.78, 5) is 43.2. The van der Waals surface area contributed by atoms with Crippen LogP contribution in [0.4, 0.5) is 4.79 Å². The van der Waals surface area contributed by atoms with Crippen LogP contribution in [-0.2, 0) is 61.7 Å². The van der Waals surface area contributed by atoms with Gasteiger partial charge in [0.1, 0.15) is 35.9 Å². The number of ketones is 1. The quantitative estimate of drug-likeness (QED) is 0.0582. The first-order valence-corrected chi connectivity index (χ1v) is 30.1. The summed E-state index contributed by atoms with van der Waals surface area (Å²) in [5.74, 6) is -5.17. The number of hydrogen-bond donors (Lipinski definition) is 8. The van der Waals surface area contributed by atoms with Gasteiger partial charge in [0.25, 0.3) is 0 Å². The smallest absolute Gasteiger partial charge is 0.407 e. The molecule has 23 heteroatoms. The number of carbonyl (C=O) groups is 3. The molecule has 470 valence electrons. The third kappa shape index (κ3) is 12.3. The lowest BCUT2D eigenvalue weighted by Gasteiger charge is -2.56. The Kier molecular flexibility index (Phi) is 19.9. The van der Waals surface area contributed by atoms with Crippen molar-refractivity contribution in [3.05, 3.63) is 35.5 Å². The lowest BCUT2D eigenvalue weighted by atomic mass is 9.48. The summed E-state index contributed by atoms with van der Waals surface area (Å²) in [5, 5.41) is 81.0. The van der Waals surface area contributed by atoms with E-state index >= 15 is 4.79 Å². The average molecular weight is 1180 g/mol. The van der Waals surface area contributed by atoms with E-state index in [9.17, 15) is 45.5 Å². The Morgan fingerprint density at radius 3 is 2.01 bits per heavy atom. The van der Waals surface area contributed by atoms with Gasteiger partial charge in [-0.2, -0.15) is 0 Å². The Balaban J connectivity index is 0.988. The van der Waals surface area contributed by atoms with Crippen molar-refractivity contribution in [2.75, 3.05) is 20.8 Å². The third-order valence-electron chi connectivity index (χ3n) is 20.8. The molecule has 0 aromatic heterocycles. The fraction of sp³-hybridized carbons (Fsp3) is 0.850. The molecule has 5 aliphatic heterocycles. The summed E-state index contributed by atoms with van der Waals surface area (Å²) < 4.78 is 68.2. The number of rotatable bonds is 12. The molecule has 1 amide bonds. The van der Waals surface area contributed by atoms with Gasteiger partial charge in [-0.15, -0.1) is 0 Å². The third-order valence-corrected chi connectivity index (χ3v) is 20.8. The van der Waals surface area contributed by atoms with E-state index in [1.807, 2.05) is 39.0 Å². The van der Waals surface area contributed by atoms with Gasteiger partial charge < -0.3 is 83.0 Å². The summed E-state index contributed by atoms with van der Waals surface area (Å²) in [7, 11) is 2.71. The number of esters is 1. The molecule has 83 heavy (non-hydrogen) atoms. The first kappa shape index (κ1) is 64.4. The molecule has 29 atom stereocenters. The normalized spacial score (nSPS) is 49.6. The van der Waals surface area contributed by atoms with Crippen molar-refractivity contribution < 1.29 is 102 Å². The van der Waals surface area contributed by atoms with Gasteiger partial charge in [-0.3, -0.25) is 20.0 Å². The minimum Gasteiger partial charge on any atom is -0.455 e. The molecule has 8 N–H and O–H groups in total. The number of methoxy groups -OCH3 is 2. The molecular weight excluding hydrogens is 1080 g/mol. The summed E-state index contributed by atoms with van der Waals surface area (Å²) in [6.45, 7) is 18.3. The highest BCUT2D eigenvalue weighted by atomic mass is 16.8. The van der Waals surface area contributed by atoms with Crippen LogP contribution in [0.3, 0.4) is 0 Å². The second-order valence-corrected chi connectivity index (χ2v) is 26.2. The number of Topliss-reactive ketones (excluding diaryl/α,β-unsaturated/α-hetero) is 1. The van der Waals surface area contributed by atoms with Gasteiger partial charge in [-0.1, -0.05) is 55.9 Å². The highest BCUT2D eigenvalue weighted by Crippen LogP contribution is 2.60. The number of hydrogen-bond acceptors (Lipinski definition) is 22. The topological polar surface area (TPSA) is 310 Å². The number of nitrogens with one attached hydrogen (secondary N) is 1. The molecule has 4 aliphatic carbocycles. The maximum atomic E-state index is 16.1. The van der Waals surface area contributed by atoms with Crippen molar-refractivity contribution in [3.8, 4) is 0 Å². The Morgan fingerprint density at radius 2 is 1.37 bits per heavy atom. The van der Waals surface area contributed by atoms with Gasteiger partial charge in [-0.25, -0.2) is 4.79 Å². The van der Waals surface area contributed by atoms with Gasteiger partial charge >= 0.3 is 12.1 Å². The number of aliphatic hydroxyl groups excluding tert-OH is 5. The van der Waals surface area contributed by atoms with E-state index in [-0.39, 0.29) is 68.1 Å². The summed E-state index contributed by atoms with van der Waals surface area (Å²) >= 11 is 0. The fourth-order valence-electron chi connectivity index (χ4n) is 16.3. The van der Waals surface area contributed by atoms with Crippen LogP contribution in [0.15, 0.2) is 35.5 Å². The zero-order valence-corrected chi connectivity index (χ0v) is 50.2. The Labute approximate surface area is 487 Å². The highest BCUT2D eigenvalue weighted by molar-refractivity contribution is 6.05. The van der Waals surface area contributed by atoms with Crippen LogP contribution in [0.25, 0.3) is 0 Å². The lowest BCUT2D eigenvalue weighted by molar-refractivity contribution is -0.390. The van der Waals surface area contributed by atoms with Gasteiger partial charge in [0.05, 0.1) is 73.6 Å². The van der Waals surface area contributed by atoms with Gasteiger partial charge in [0.2, 0.25) is 0 Å². The van der Waals surface area contributed by atoms with Gasteiger partial charge in [-0.05, 0) is 110 Å². The highest BCUT2D eigenvalue weighted by Gasteiger charge is 2.67. The SMILES string of the molecule is COC(=O)NC1C(C)OC(OC2CC=C(C)C3C=CC4C(OC5CC(OC6CC(O)C(OC7CC(O)C(OC)C(C)O7)C(C)O6)C(O)C(C)O5)C(C)CC(C)C4C3(C)C(=O)C3C(=O)OC4(CCC(CO)CC4C=C2C)C3O)CC1(C)N(O)O. The van der Waals surface area contributed by atoms with Crippen LogP contribution in [0.2, 0.25) is 0 Å². The predicted octanol–water partition coefficient (Wildman–Crippen LogP) is 4.38. The van der Waals surface area contributed by atoms with Crippen LogP contribution in [-0.4, -0.2) is 202 Å². The molecule has 0 aromatic carbocycles. The van der Waals surface area contributed by atoms with Crippen LogP contribution in [0, 0.1) is 52.8 Å². The van der Waals surface area contributed by atoms with Crippen molar-refractivity contribution in [2.45, 2.75) is 249 Å². The average Bonchev–Trinajstić information content (AvgIpc) is 1.96. The summed E-state index contributed by atoms with van der Waals surface area (Å²) in [6, 6.07) is -0.940. The lowest BCUT2D eigenvalue weighted by Crippen LogP contribution is -2.68. The number of allylic oxidation sites excluding steroid dienone is 2. The van der Waals surface area contributed by atoms with Crippen LogP contribution < -0.4 is 5.32 Å². The van der Waals surface area contributed by atoms with E-state index in [0.29, 0.717) is 24.8 Å². The number of alkyl carbamates (subject to hydrolysis) is 1. The number of carbonyl (C=O) groups excluding carboxylic acids is 3. The van der Waals surface area contributed by atoms with E-state index in [1.165, 1.54) is 14.2 Å². The molecule has 5 saturated heterocycles. The van der Waals surface area contributed by atoms with Crippen molar-refractivity contribution in [3.63, 3.8) is 0 Å². The Morgan fingerprint density at radius 1 is 0.747 bits per heavy atom. The number of aliphatic hydroxyl groups is 5. The van der Waals surface area contributed by atoms with E-state index in [1.54, 1.807) is 34.6 Å². The molecule has 2 bridgehead atoms. The number of ether oxygens (including phenoxy) is 11. The molecule has 9 rings (SSSR count). The second kappa shape index (κ2) is 25.6. The largest absolute Gasteiger partial charge is 0.455 e. The standard InChI is InChI=1S/C60H94N2O21/c1-27-13-16-41(79-46-25-58(9,62(71)72)53(34(8)78-46)61-57(70)74-12)28(2)20-36-21-35(26-63)17-18-60(36)55(68)47(56(69)83-60)54(67)59(10)38(27)15-14-37-48(59)29(3)19-30(4)50(37)81-45-24-42(49(66)31(5)75-45)80-43-23-40(65)52(33(7)77-43)82-44-22-39(64)51(73-11)32(6)76-44/h13-15,20,29-53,55,63-66,68,71-72H,16-19,21-26H2,1-12H3,(H,61,70). The van der Waals surface area contributed by atoms with Gasteiger partial charge in [0.15, 0.2) is 30.9 Å². The molecule has 9 aliphatic rings. The molecular formula is C60H94N2O21. The minimum absolute atomic E-state index is 0.0239.